The topological polar surface area (TPSA) is 95.4 Å². The fourth-order valence-corrected chi connectivity index (χ4v) is 1.49. The lowest BCUT2D eigenvalue weighted by Crippen LogP contribution is -2.08. The van der Waals surface area contributed by atoms with E-state index in [0.29, 0.717) is 23.3 Å². The van der Waals surface area contributed by atoms with Crippen LogP contribution >= 0.6 is 0 Å². The average Bonchev–Trinajstić information content (AvgIpc) is 3.00. The van der Waals surface area contributed by atoms with E-state index in [0.717, 1.165) is 6.42 Å². The Labute approximate surface area is 96.2 Å². The lowest BCUT2D eigenvalue weighted by atomic mass is 10.2. The van der Waals surface area contributed by atoms with E-state index in [1.807, 2.05) is 6.92 Å². The second kappa shape index (κ2) is 3.70. The number of nitrogens with two attached hydrogens (primary N) is 1. The number of imidazole rings is 1. The third kappa shape index (κ3) is 1.60. The van der Waals surface area contributed by atoms with Gasteiger partial charge in [-0.1, -0.05) is 12.1 Å². The van der Waals surface area contributed by atoms with Crippen molar-refractivity contribution in [2.75, 3.05) is 0 Å². The number of aromatic nitrogens is 4. The summed E-state index contributed by atoms with van der Waals surface area (Å²) >= 11 is 0. The first-order chi connectivity index (χ1) is 8.28. The van der Waals surface area contributed by atoms with Gasteiger partial charge in [0.15, 0.2) is 5.76 Å². The van der Waals surface area contributed by atoms with Gasteiger partial charge in [-0.15, -0.1) is 0 Å². The quantitative estimate of drug-likeness (QED) is 0.734. The molecule has 0 aliphatic carbocycles. The molecule has 1 unspecified atom stereocenters. The Kier molecular flexibility index (Phi) is 2.19. The van der Waals surface area contributed by atoms with E-state index in [1.165, 1.54) is 0 Å². The van der Waals surface area contributed by atoms with Gasteiger partial charge in [-0.25, -0.2) is 4.98 Å². The number of rotatable bonds is 3. The molecule has 0 aliphatic heterocycles. The maximum Gasteiger partial charge on any atom is 0.306 e. The highest BCUT2D eigenvalue weighted by atomic mass is 16.5. The molecule has 7 heteroatoms. The fourth-order valence-electron chi connectivity index (χ4n) is 1.49. The second-order valence-electron chi connectivity index (χ2n) is 3.68. The summed E-state index contributed by atoms with van der Waals surface area (Å²) in [7, 11) is 0. The van der Waals surface area contributed by atoms with E-state index in [2.05, 4.69) is 15.1 Å². The van der Waals surface area contributed by atoms with E-state index in [1.54, 1.807) is 23.0 Å². The molecule has 0 aliphatic rings. The lowest BCUT2D eigenvalue weighted by molar-refractivity contribution is 0.352. The number of hydrogen-bond donors (Lipinski definition) is 1. The van der Waals surface area contributed by atoms with Crippen LogP contribution in [0.1, 0.15) is 25.3 Å². The molecule has 88 valence electrons. The number of hydrogen-bond acceptors (Lipinski definition) is 6. The fraction of sp³-hybridized carbons (Fsp3) is 0.300. The summed E-state index contributed by atoms with van der Waals surface area (Å²) in [5, 5.41) is 3.83. The maximum atomic E-state index is 5.80. The minimum atomic E-state index is -0.240. The van der Waals surface area contributed by atoms with Gasteiger partial charge >= 0.3 is 5.84 Å². The molecular weight excluding hydrogens is 222 g/mol. The molecular formula is C10H11N5O2. The lowest BCUT2D eigenvalue weighted by Gasteiger charge is -1.98. The van der Waals surface area contributed by atoms with Gasteiger partial charge in [-0.05, 0) is 6.42 Å². The minimum Gasteiger partial charge on any atom is -0.419 e. The molecule has 0 bridgehead atoms. The Bertz CT molecular complexity index is 609. The molecule has 0 fully saturated rings. The summed E-state index contributed by atoms with van der Waals surface area (Å²) < 4.78 is 12.3. The van der Waals surface area contributed by atoms with Crippen LogP contribution in [0.5, 0.6) is 0 Å². The first-order valence-corrected chi connectivity index (χ1v) is 5.30. The third-order valence-corrected chi connectivity index (χ3v) is 2.51. The molecule has 3 heterocycles. The first kappa shape index (κ1) is 10.0. The Morgan fingerprint density at radius 2 is 2.41 bits per heavy atom. The predicted octanol–water partition coefficient (Wildman–Crippen LogP) is 1.39. The van der Waals surface area contributed by atoms with Crippen LogP contribution < -0.4 is 5.73 Å². The maximum absolute atomic E-state index is 5.80. The van der Waals surface area contributed by atoms with Crippen LogP contribution in [0.4, 0.5) is 0 Å². The summed E-state index contributed by atoms with van der Waals surface area (Å²) in [6.45, 7) is 1.95. The summed E-state index contributed by atoms with van der Waals surface area (Å²) in [6, 6.07) is -0.240. The summed E-state index contributed by atoms with van der Waals surface area (Å²) in [5.74, 6) is 1.79. The zero-order valence-corrected chi connectivity index (χ0v) is 9.20. The summed E-state index contributed by atoms with van der Waals surface area (Å²) in [4.78, 5) is 8.20. The molecule has 0 aromatic carbocycles. The monoisotopic (exact) mass is 233 g/mol. The SMILES string of the molecule is CCC(N)c1nc(-c2cn3ccnc3o2)no1. The average molecular weight is 233 g/mol. The van der Waals surface area contributed by atoms with Gasteiger partial charge in [0.05, 0.1) is 12.2 Å². The van der Waals surface area contributed by atoms with Crippen molar-refractivity contribution in [1.82, 2.24) is 19.5 Å². The third-order valence-electron chi connectivity index (χ3n) is 2.51. The van der Waals surface area contributed by atoms with Crippen molar-refractivity contribution < 1.29 is 8.94 Å². The normalized spacial score (nSPS) is 13.3. The highest BCUT2D eigenvalue weighted by molar-refractivity contribution is 5.47. The molecule has 0 spiro atoms. The van der Waals surface area contributed by atoms with Crippen LogP contribution in [0, 0.1) is 0 Å². The Morgan fingerprint density at radius 3 is 3.18 bits per heavy atom. The number of nitrogens with zero attached hydrogens (tertiary/aromatic N) is 4. The van der Waals surface area contributed by atoms with Crippen molar-refractivity contribution in [3.8, 4) is 11.6 Å². The van der Waals surface area contributed by atoms with E-state index in [9.17, 15) is 0 Å². The van der Waals surface area contributed by atoms with E-state index in [4.69, 9.17) is 14.7 Å². The first-order valence-electron chi connectivity index (χ1n) is 5.30. The van der Waals surface area contributed by atoms with Crippen LogP contribution in [0.15, 0.2) is 27.5 Å². The van der Waals surface area contributed by atoms with E-state index in [-0.39, 0.29) is 6.04 Å². The van der Waals surface area contributed by atoms with Crippen molar-refractivity contribution in [2.24, 2.45) is 5.73 Å². The van der Waals surface area contributed by atoms with Crippen LogP contribution in [-0.4, -0.2) is 19.5 Å². The largest absolute Gasteiger partial charge is 0.419 e. The van der Waals surface area contributed by atoms with Gasteiger partial charge in [0.2, 0.25) is 11.7 Å². The van der Waals surface area contributed by atoms with Gasteiger partial charge in [0.25, 0.3) is 0 Å². The van der Waals surface area contributed by atoms with Gasteiger partial charge in [0, 0.05) is 12.4 Å². The highest BCUT2D eigenvalue weighted by Crippen LogP contribution is 2.21. The van der Waals surface area contributed by atoms with Gasteiger partial charge < -0.3 is 14.7 Å². The predicted molar refractivity (Wildman–Crippen MR) is 58.0 cm³/mol. The molecule has 17 heavy (non-hydrogen) atoms. The molecule has 2 N–H and O–H groups in total. The van der Waals surface area contributed by atoms with Crippen molar-refractivity contribution >= 4 is 5.84 Å². The Balaban J connectivity index is 1.98. The zero-order valence-electron chi connectivity index (χ0n) is 9.20. The molecule has 0 radical (unpaired) electrons. The van der Waals surface area contributed by atoms with E-state index >= 15 is 0 Å². The Morgan fingerprint density at radius 1 is 1.53 bits per heavy atom. The highest BCUT2D eigenvalue weighted by Gasteiger charge is 2.17. The van der Waals surface area contributed by atoms with Crippen LogP contribution in [0.3, 0.4) is 0 Å². The smallest absolute Gasteiger partial charge is 0.306 e. The molecule has 7 nitrogen and oxygen atoms in total. The molecule has 0 amide bonds. The van der Waals surface area contributed by atoms with Crippen LogP contribution in [-0.2, 0) is 0 Å². The molecule has 3 aromatic rings. The number of fused-ring (bicyclic) bond motifs is 1. The Hall–Kier alpha value is -2.15. The van der Waals surface area contributed by atoms with Crippen molar-refractivity contribution in [3.63, 3.8) is 0 Å². The minimum absolute atomic E-state index is 0.240. The van der Waals surface area contributed by atoms with Gasteiger partial charge in [0.1, 0.15) is 0 Å². The van der Waals surface area contributed by atoms with Crippen molar-refractivity contribution in [3.05, 3.63) is 24.5 Å². The number of oxazole rings is 1. The summed E-state index contributed by atoms with van der Waals surface area (Å²) in [5.41, 5.74) is 5.80. The second-order valence-corrected chi connectivity index (χ2v) is 3.68. The standard InChI is InChI=1S/C10H11N5O2/c1-2-6(11)9-13-8(14-17-9)7-5-15-4-3-12-10(15)16-7/h3-6H,2,11H2,1H3. The zero-order chi connectivity index (χ0) is 11.8. The molecule has 3 aromatic heterocycles. The van der Waals surface area contributed by atoms with E-state index < -0.39 is 0 Å². The summed E-state index contributed by atoms with van der Waals surface area (Å²) in [6.07, 6.45) is 5.91. The molecule has 3 rings (SSSR count). The van der Waals surface area contributed by atoms with Crippen molar-refractivity contribution in [1.29, 1.82) is 0 Å². The molecule has 0 saturated heterocycles. The van der Waals surface area contributed by atoms with Crippen LogP contribution in [0.25, 0.3) is 17.4 Å². The van der Waals surface area contributed by atoms with Crippen LogP contribution in [0.2, 0.25) is 0 Å². The molecule has 0 saturated carbocycles. The van der Waals surface area contributed by atoms with Gasteiger partial charge in [-0.2, -0.15) is 4.98 Å². The molecule has 1 atom stereocenters. The van der Waals surface area contributed by atoms with Crippen molar-refractivity contribution in [2.45, 2.75) is 19.4 Å². The van der Waals surface area contributed by atoms with Gasteiger partial charge in [-0.3, -0.25) is 4.40 Å².